The molecule has 8 aromatic carbocycles. The molecule has 0 aliphatic rings. The van der Waals surface area contributed by atoms with Gasteiger partial charge >= 0.3 is 54.3 Å². The molecule has 2 N–H and O–H groups in total. The van der Waals surface area contributed by atoms with Gasteiger partial charge in [-0.3, -0.25) is 9.79 Å². The van der Waals surface area contributed by atoms with Gasteiger partial charge < -0.3 is 46.0 Å². The minimum atomic E-state index is -4.49. The summed E-state index contributed by atoms with van der Waals surface area (Å²) in [5.41, 5.74) is 9.64. The van der Waals surface area contributed by atoms with Crippen LogP contribution in [0.3, 0.4) is 0 Å². The molecule has 133 heavy (non-hydrogen) atoms. The SMILES string of the molecule is CCCCCCCCc1ccc(OP(=O)(O)Oc2ccc(CCCCCCCC)cc2)cc1.CCCCCCCCc1ccc(OP(=O)(O)Oc2ccc(CCCCCCCC)cc2)cc1.CCCCCCCCc1ccc(OP(=O)([O-])Oc2ccc(CCCCCCCC)cc2)cc1.CCCCCCCCc1ccc(OP(=O)([O-])Oc2ccc(CCCCCCCC)cc2)cc1.[Mg+2]. The van der Waals surface area contributed by atoms with E-state index in [-0.39, 0.29) is 46.1 Å². The Morgan fingerprint density at radius 1 is 0.173 bits per heavy atom. The predicted octanol–water partition coefficient (Wildman–Crippen LogP) is 34.6. The van der Waals surface area contributed by atoms with Crippen LogP contribution in [0.1, 0.15) is 408 Å². The van der Waals surface area contributed by atoms with Crippen molar-refractivity contribution in [2.45, 2.75) is 415 Å². The molecule has 0 unspecified atom stereocenters. The van der Waals surface area contributed by atoms with Crippen LogP contribution in [0.5, 0.6) is 46.0 Å². The number of phosphoric ester groups is 4. The fourth-order valence-corrected chi connectivity index (χ4v) is 19.0. The summed E-state index contributed by atoms with van der Waals surface area (Å²) >= 11 is 0. The van der Waals surface area contributed by atoms with Gasteiger partial charge in [0.2, 0.25) is 0 Å². The Bertz CT molecular complexity index is 3510. The molecule has 0 fully saturated rings. The van der Waals surface area contributed by atoms with E-state index >= 15 is 0 Å². The Morgan fingerprint density at radius 3 is 0.383 bits per heavy atom. The van der Waals surface area contributed by atoms with Gasteiger partial charge in [-0.2, -0.15) is 0 Å². The van der Waals surface area contributed by atoms with Crippen LogP contribution in [0.4, 0.5) is 0 Å². The van der Waals surface area contributed by atoms with Crippen molar-refractivity contribution in [3.05, 3.63) is 239 Å². The number of unbranched alkanes of at least 4 members (excludes halogenated alkanes) is 40. The van der Waals surface area contributed by atoms with Crippen LogP contribution in [-0.4, -0.2) is 32.8 Å². The van der Waals surface area contributed by atoms with E-state index in [1.54, 1.807) is 97.1 Å². The van der Waals surface area contributed by atoms with Gasteiger partial charge in [0.15, 0.2) is 0 Å². The maximum absolute atomic E-state index is 12.4. The summed E-state index contributed by atoms with van der Waals surface area (Å²) in [4.78, 5) is 45.0. The van der Waals surface area contributed by atoms with Crippen molar-refractivity contribution >= 4 is 54.3 Å². The number of aryl methyl sites for hydroxylation is 8. The smallest absolute Gasteiger partial charge is 0.736 e. The zero-order chi connectivity index (χ0) is 95.1. The second-order valence-electron chi connectivity index (χ2n) is 35.9. The van der Waals surface area contributed by atoms with Crippen LogP contribution in [-0.2, 0) is 69.6 Å². The Morgan fingerprint density at radius 2 is 0.271 bits per heavy atom. The summed E-state index contributed by atoms with van der Waals surface area (Å²) in [7, 11) is -17.5. The summed E-state index contributed by atoms with van der Waals surface area (Å²) in [5.74, 6) is 2.47. The molecule has 0 aromatic heterocycles. The Labute approximate surface area is 822 Å². The Balaban J connectivity index is 0.000000370. The Hall–Kier alpha value is -6.31. The van der Waals surface area contributed by atoms with Crippen molar-refractivity contribution in [3.63, 3.8) is 0 Å². The third-order valence-corrected chi connectivity index (χ3v) is 27.2. The minimum absolute atomic E-state index is 0. The van der Waals surface area contributed by atoms with Gasteiger partial charge in [-0.25, -0.2) is 18.3 Å². The minimum Gasteiger partial charge on any atom is -0.736 e. The average Bonchev–Trinajstić information content (AvgIpc) is 0.862. The Kier molecular flexibility index (Phi) is 66.9. The van der Waals surface area contributed by atoms with Crippen molar-refractivity contribution in [3.8, 4) is 46.0 Å². The molecular weight excluding hydrogens is 1750 g/mol. The first kappa shape index (κ1) is 119. The van der Waals surface area contributed by atoms with Crippen molar-refractivity contribution in [1.29, 1.82) is 0 Å². The molecular formula is C112H170MgO16P4. The standard InChI is InChI=1S/4C28H43O4P.Mg/c4*1-3-5-7-9-11-13-15-25-17-21-27(22-18-25)31-33(29,30)32-28-23-19-26(20-24-28)16-14-12-10-8-6-4-2;/h4*17-24H,3-16H2,1-2H3,(H,29,30);/q;;;;+2/p-2. The molecule has 16 nitrogen and oxygen atoms in total. The van der Waals surface area contributed by atoms with E-state index in [4.69, 9.17) is 36.2 Å². The molecule has 736 valence electrons. The number of rotatable bonds is 72. The van der Waals surface area contributed by atoms with Gasteiger partial charge in [0.1, 0.15) is 46.0 Å². The van der Waals surface area contributed by atoms with Crippen LogP contribution in [0.2, 0.25) is 0 Å². The number of phosphoric acid groups is 4. The molecule has 8 rings (SSSR count). The van der Waals surface area contributed by atoms with Crippen molar-refractivity contribution < 1.29 is 74.0 Å². The molecule has 0 saturated heterocycles. The van der Waals surface area contributed by atoms with Gasteiger partial charge in [-0.15, -0.1) is 0 Å². The van der Waals surface area contributed by atoms with Crippen molar-refractivity contribution in [1.82, 2.24) is 0 Å². The van der Waals surface area contributed by atoms with E-state index in [1.807, 2.05) is 97.1 Å². The second kappa shape index (κ2) is 74.7. The van der Waals surface area contributed by atoms with E-state index in [2.05, 4.69) is 55.4 Å². The first-order valence-corrected chi connectivity index (χ1v) is 57.6. The zero-order valence-corrected chi connectivity index (χ0v) is 88.2. The molecule has 0 amide bonds. The molecule has 0 spiro atoms. The summed E-state index contributed by atoms with van der Waals surface area (Å²) < 4.78 is 91.1. The topological polar surface area (TPSA) is 229 Å². The molecule has 0 aliphatic heterocycles. The fourth-order valence-electron chi connectivity index (χ4n) is 15.7. The summed E-state index contributed by atoms with van der Waals surface area (Å²) in [6, 6.07) is 58.6. The second-order valence-corrected chi connectivity index (χ2v) is 41.0. The van der Waals surface area contributed by atoms with Gasteiger partial charge in [0, 0.05) is 0 Å². The molecule has 0 aliphatic carbocycles. The van der Waals surface area contributed by atoms with Crippen LogP contribution < -0.4 is 46.0 Å². The molecule has 0 heterocycles. The monoisotopic (exact) mass is 1920 g/mol. The van der Waals surface area contributed by atoms with Gasteiger partial charge in [-0.05, 0) is 244 Å². The molecule has 0 radical (unpaired) electrons. The molecule has 0 saturated carbocycles. The first-order valence-electron chi connectivity index (χ1n) is 51.6. The maximum atomic E-state index is 12.4. The summed E-state index contributed by atoms with van der Waals surface area (Å²) in [5, 5.41) is 0. The predicted molar refractivity (Wildman–Crippen MR) is 554 cm³/mol. The molecule has 21 heteroatoms. The zero-order valence-electron chi connectivity index (χ0n) is 83.2. The van der Waals surface area contributed by atoms with E-state index < -0.39 is 31.3 Å². The fraction of sp³-hybridized carbons (Fsp3) is 0.571. The molecule has 0 bridgehead atoms. The van der Waals surface area contributed by atoms with Crippen molar-refractivity contribution in [2.24, 2.45) is 0 Å². The van der Waals surface area contributed by atoms with Crippen LogP contribution in [0, 0.1) is 0 Å². The normalized spacial score (nSPS) is 11.4. The third-order valence-electron chi connectivity index (χ3n) is 23.7. The van der Waals surface area contributed by atoms with E-state index in [9.17, 15) is 37.8 Å². The summed E-state index contributed by atoms with van der Waals surface area (Å²) in [6.07, 6.45) is 68.8. The van der Waals surface area contributed by atoms with Crippen LogP contribution in [0.15, 0.2) is 194 Å². The van der Waals surface area contributed by atoms with Crippen molar-refractivity contribution in [2.75, 3.05) is 0 Å². The molecule has 0 atom stereocenters. The quantitative estimate of drug-likeness (QED) is 0.0205. The van der Waals surface area contributed by atoms with E-state index in [0.29, 0.717) is 23.0 Å². The van der Waals surface area contributed by atoms with Gasteiger partial charge in [0.05, 0.1) is 0 Å². The number of hydrogen-bond acceptors (Lipinski definition) is 14. The third kappa shape index (κ3) is 60.9. The maximum Gasteiger partial charge on any atom is 2.00 e. The number of hydrogen-bond donors (Lipinski definition) is 2. The van der Waals surface area contributed by atoms with E-state index in [1.165, 1.54) is 327 Å². The average molecular weight is 1920 g/mol. The largest absolute Gasteiger partial charge is 2.00 e. The number of benzene rings is 8. The van der Waals surface area contributed by atoms with Gasteiger partial charge in [0.25, 0.3) is 0 Å². The summed E-state index contributed by atoms with van der Waals surface area (Å²) in [6.45, 7) is 17.8. The van der Waals surface area contributed by atoms with Gasteiger partial charge in [-0.1, -0.05) is 409 Å². The van der Waals surface area contributed by atoms with Crippen LogP contribution in [0.25, 0.3) is 0 Å². The molecule has 8 aromatic rings. The van der Waals surface area contributed by atoms with Crippen LogP contribution >= 0.6 is 31.3 Å². The van der Waals surface area contributed by atoms with E-state index in [0.717, 1.165) is 77.0 Å². The first-order chi connectivity index (χ1) is 64.1.